The van der Waals surface area contributed by atoms with Crippen molar-refractivity contribution in [2.45, 2.75) is 19.3 Å². The average molecular weight is 328 g/mol. The second-order valence-corrected chi connectivity index (χ2v) is 7.07. The van der Waals surface area contributed by atoms with Gasteiger partial charge in [-0.05, 0) is 55.4 Å². The molecule has 0 spiro atoms. The molecule has 0 aromatic heterocycles. The lowest BCUT2D eigenvalue weighted by molar-refractivity contribution is -0.139. The quantitative estimate of drug-likeness (QED) is 0.883. The molecule has 4 rings (SSSR count). The number of carbonyl (C=O) groups excluding carboxylic acids is 2. The Morgan fingerprint density at radius 3 is 2.38 bits per heavy atom. The van der Waals surface area contributed by atoms with Gasteiger partial charge in [0, 0.05) is 30.3 Å². The highest BCUT2D eigenvalue weighted by Gasteiger charge is 2.57. The third-order valence-corrected chi connectivity index (χ3v) is 5.42. The Hall–Kier alpha value is -2.37. The highest BCUT2D eigenvalue weighted by molar-refractivity contribution is 5.97. The Labute approximate surface area is 139 Å². The van der Waals surface area contributed by atoms with Gasteiger partial charge in [-0.25, -0.2) is 0 Å². The maximum Gasteiger partial charge on any atom is 0.307 e. The van der Waals surface area contributed by atoms with Gasteiger partial charge < -0.3 is 15.3 Å². The number of anilines is 1. The molecule has 0 unspecified atom stereocenters. The molecule has 2 saturated carbocycles. The minimum atomic E-state index is -0.741. The van der Waals surface area contributed by atoms with E-state index >= 15 is 0 Å². The highest BCUT2D eigenvalue weighted by Crippen LogP contribution is 2.51. The van der Waals surface area contributed by atoms with Crippen LogP contribution in [0.25, 0.3) is 0 Å². The number of amides is 2. The molecular formula is C18H20N2O4. The van der Waals surface area contributed by atoms with Crippen LogP contribution in [0.3, 0.4) is 0 Å². The summed E-state index contributed by atoms with van der Waals surface area (Å²) in [5.41, 5.74) is 1.28. The van der Waals surface area contributed by atoms with Crippen LogP contribution in [0.1, 0.15) is 29.6 Å². The molecule has 6 heteroatoms. The fraction of sp³-hybridized carbons (Fsp3) is 0.500. The van der Waals surface area contributed by atoms with Crippen LogP contribution in [0.2, 0.25) is 0 Å². The minimum absolute atomic E-state index is 0.0459. The number of hydrogen-bond donors (Lipinski definition) is 2. The van der Waals surface area contributed by atoms with E-state index in [1.165, 1.54) is 0 Å². The first-order valence-electron chi connectivity index (χ1n) is 8.47. The second-order valence-electron chi connectivity index (χ2n) is 7.07. The molecular weight excluding hydrogens is 308 g/mol. The topological polar surface area (TPSA) is 86.7 Å². The highest BCUT2D eigenvalue weighted by atomic mass is 16.4. The van der Waals surface area contributed by atoms with Crippen LogP contribution in [0.4, 0.5) is 5.69 Å². The van der Waals surface area contributed by atoms with Crippen LogP contribution >= 0.6 is 0 Å². The lowest BCUT2D eigenvalue weighted by Crippen LogP contribution is -2.37. The predicted octanol–water partition coefficient (Wildman–Crippen LogP) is 1.83. The summed E-state index contributed by atoms with van der Waals surface area (Å²) >= 11 is 0. The second kappa shape index (κ2) is 5.61. The molecule has 3 aliphatic rings. The molecule has 1 aliphatic heterocycles. The molecule has 1 saturated heterocycles. The maximum absolute atomic E-state index is 12.6. The van der Waals surface area contributed by atoms with E-state index in [0.717, 1.165) is 19.3 Å². The largest absolute Gasteiger partial charge is 0.481 e. The normalized spacial score (nSPS) is 28.0. The van der Waals surface area contributed by atoms with E-state index in [0.29, 0.717) is 24.3 Å². The van der Waals surface area contributed by atoms with Gasteiger partial charge in [-0.1, -0.05) is 0 Å². The minimum Gasteiger partial charge on any atom is -0.481 e. The van der Waals surface area contributed by atoms with E-state index in [1.54, 1.807) is 29.2 Å². The van der Waals surface area contributed by atoms with Gasteiger partial charge in [0.15, 0.2) is 0 Å². The Bertz CT molecular complexity index is 695. The van der Waals surface area contributed by atoms with Crippen LogP contribution in [-0.2, 0) is 9.59 Å². The summed E-state index contributed by atoms with van der Waals surface area (Å²) in [5.74, 6) is -0.538. The Morgan fingerprint density at radius 2 is 1.75 bits per heavy atom. The Kier molecular flexibility index (Phi) is 3.55. The SMILES string of the molecule is O=C(Nc1ccc(C(=O)N2CC[C@@H]3[C@H](C2)[C@@H]3C(=O)O)cc1)C1CC1. The smallest absolute Gasteiger partial charge is 0.307 e. The number of likely N-dealkylation sites (tertiary alicyclic amines) is 1. The number of nitrogens with zero attached hydrogens (tertiary/aromatic N) is 1. The van der Waals surface area contributed by atoms with Gasteiger partial charge in [0.05, 0.1) is 5.92 Å². The first kappa shape index (κ1) is 15.2. The van der Waals surface area contributed by atoms with Gasteiger partial charge in [-0.2, -0.15) is 0 Å². The van der Waals surface area contributed by atoms with Crippen molar-refractivity contribution >= 4 is 23.5 Å². The number of aliphatic carboxylic acids is 1. The van der Waals surface area contributed by atoms with E-state index in [-0.39, 0.29) is 35.5 Å². The lowest BCUT2D eigenvalue weighted by Gasteiger charge is -2.26. The molecule has 1 heterocycles. The summed E-state index contributed by atoms with van der Waals surface area (Å²) in [6, 6.07) is 6.94. The van der Waals surface area contributed by atoms with Gasteiger partial charge in [0.2, 0.25) is 5.91 Å². The van der Waals surface area contributed by atoms with Crippen LogP contribution in [0.5, 0.6) is 0 Å². The molecule has 2 N–H and O–H groups in total. The zero-order valence-electron chi connectivity index (χ0n) is 13.3. The first-order chi connectivity index (χ1) is 11.5. The number of benzene rings is 1. The van der Waals surface area contributed by atoms with Crippen LogP contribution in [-0.4, -0.2) is 40.9 Å². The summed E-state index contributed by atoms with van der Waals surface area (Å²) in [6.45, 7) is 1.14. The Balaban J connectivity index is 1.38. The fourth-order valence-electron chi connectivity index (χ4n) is 3.76. The number of carboxylic acids is 1. The van der Waals surface area contributed by atoms with Crippen LogP contribution < -0.4 is 5.32 Å². The molecule has 2 aliphatic carbocycles. The van der Waals surface area contributed by atoms with Crippen molar-refractivity contribution in [3.8, 4) is 0 Å². The van der Waals surface area contributed by atoms with Crippen molar-refractivity contribution in [1.82, 2.24) is 4.90 Å². The Morgan fingerprint density at radius 1 is 1.04 bits per heavy atom. The third-order valence-electron chi connectivity index (χ3n) is 5.42. The molecule has 126 valence electrons. The van der Waals surface area contributed by atoms with E-state index in [1.807, 2.05) is 0 Å². The van der Waals surface area contributed by atoms with Crippen molar-refractivity contribution in [2.75, 3.05) is 18.4 Å². The van der Waals surface area contributed by atoms with Crippen molar-refractivity contribution < 1.29 is 19.5 Å². The van der Waals surface area contributed by atoms with E-state index in [9.17, 15) is 14.4 Å². The number of fused-ring (bicyclic) bond motifs is 1. The molecule has 0 bridgehead atoms. The molecule has 1 aromatic rings. The summed E-state index contributed by atoms with van der Waals surface area (Å²) in [7, 11) is 0. The van der Waals surface area contributed by atoms with Crippen LogP contribution in [0.15, 0.2) is 24.3 Å². The van der Waals surface area contributed by atoms with Crippen molar-refractivity contribution in [2.24, 2.45) is 23.7 Å². The number of piperidine rings is 1. The summed E-state index contributed by atoms with van der Waals surface area (Å²) in [4.78, 5) is 37.2. The predicted molar refractivity (Wildman–Crippen MR) is 86.4 cm³/mol. The number of rotatable bonds is 4. The molecule has 3 fully saturated rings. The lowest BCUT2D eigenvalue weighted by atomic mass is 10.1. The van der Waals surface area contributed by atoms with Gasteiger partial charge in [0.1, 0.15) is 0 Å². The van der Waals surface area contributed by atoms with Crippen molar-refractivity contribution in [1.29, 1.82) is 0 Å². The van der Waals surface area contributed by atoms with E-state index in [4.69, 9.17) is 5.11 Å². The number of carboxylic acid groups (broad SMARTS) is 1. The van der Waals surface area contributed by atoms with E-state index < -0.39 is 5.97 Å². The zero-order chi connectivity index (χ0) is 16.8. The molecule has 0 radical (unpaired) electrons. The monoisotopic (exact) mass is 328 g/mol. The van der Waals surface area contributed by atoms with Gasteiger partial charge in [-0.15, -0.1) is 0 Å². The van der Waals surface area contributed by atoms with Gasteiger partial charge in [-0.3, -0.25) is 14.4 Å². The average Bonchev–Trinajstić information content (AvgIpc) is 3.46. The van der Waals surface area contributed by atoms with Gasteiger partial charge in [0.25, 0.3) is 5.91 Å². The summed E-state index contributed by atoms with van der Waals surface area (Å²) in [5, 5.41) is 12.0. The maximum atomic E-state index is 12.6. The van der Waals surface area contributed by atoms with Crippen LogP contribution in [0, 0.1) is 23.7 Å². The standard InChI is InChI=1S/C18H20N2O4/c21-16(10-1-2-10)19-12-5-3-11(4-6-12)17(22)20-8-7-13-14(9-20)15(13)18(23)24/h3-6,10,13-15H,1-2,7-9H2,(H,19,21)(H,23,24)/t13-,14+,15-/m1/s1. The molecule has 3 atom stereocenters. The number of nitrogens with one attached hydrogen (secondary N) is 1. The van der Waals surface area contributed by atoms with Gasteiger partial charge >= 0.3 is 5.97 Å². The summed E-state index contributed by atoms with van der Waals surface area (Å²) < 4.78 is 0. The third kappa shape index (κ3) is 2.77. The first-order valence-corrected chi connectivity index (χ1v) is 8.47. The van der Waals surface area contributed by atoms with Crippen molar-refractivity contribution in [3.05, 3.63) is 29.8 Å². The molecule has 6 nitrogen and oxygen atoms in total. The zero-order valence-corrected chi connectivity index (χ0v) is 13.3. The fourth-order valence-corrected chi connectivity index (χ4v) is 3.76. The number of hydrogen-bond acceptors (Lipinski definition) is 3. The molecule has 2 amide bonds. The van der Waals surface area contributed by atoms with E-state index in [2.05, 4.69) is 5.32 Å². The summed E-state index contributed by atoms with van der Waals surface area (Å²) in [6.07, 6.45) is 2.68. The molecule has 1 aromatic carbocycles. The van der Waals surface area contributed by atoms with Crippen molar-refractivity contribution in [3.63, 3.8) is 0 Å². The molecule has 24 heavy (non-hydrogen) atoms. The number of carbonyl (C=O) groups is 3.